The van der Waals surface area contributed by atoms with E-state index in [9.17, 15) is 9.50 Å². The number of aryl methyl sites for hydroxylation is 1. The van der Waals surface area contributed by atoms with Crippen LogP contribution >= 0.6 is 15.9 Å². The van der Waals surface area contributed by atoms with Gasteiger partial charge < -0.3 is 14.6 Å². The van der Waals surface area contributed by atoms with Crippen LogP contribution < -0.4 is 9.47 Å². The molecule has 0 saturated carbocycles. The minimum absolute atomic E-state index is 0.216. The second-order valence-electron chi connectivity index (χ2n) is 4.63. The first-order valence-corrected chi connectivity index (χ1v) is 7.12. The highest BCUT2D eigenvalue weighted by molar-refractivity contribution is 9.10. The molecule has 0 aliphatic rings. The molecule has 0 spiro atoms. The second-order valence-corrected chi connectivity index (χ2v) is 5.55. The Kier molecular flexibility index (Phi) is 4.85. The van der Waals surface area contributed by atoms with Gasteiger partial charge in [0.15, 0.2) is 11.5 Å². The van der Waals surface area contributed by atoms with Crippen molar-refractivity contribution in [3.63, 3.8) is 0 Å². The maximum Gasteiger partial charge on any atom is 0.161 e. The van der Waals surface area contributed by atoms with Gasteiger partial charge in [-0.05, 0) is 42.3 Å². The van der Waals surface area contributed by atoms with E-state index in [1.165, 1.54) is 13.2 Å². The van der Waals surface area contributed by atoms with E-state index in [4.69, 9.17) is 9.47 Å². The molecule has 0 heterocycles. The molecule has 1 unspecified atom stereocenters. The molecule has 0 aromatic heterocycles. The highest BCUT2D eigenvalue weighted by Crippen LogP contribution is 2.35. The number of hydrogen-bond donors (Lipinski definition) is 1. The van der Waals surface area contributed by atoms with Crippen molar-refractivity contribution in [2.75, 3.05) is 14.2 Å². The van der Waals surface area contributed by atoms with E-state index < -0.39 is 11.9 Å². The zero-order valence-corrected chi connectivity index (χ0v) is 13.6. The minimum Gasteiger partial charge on any atom is -0.493 e. The molecule has 2 rings (SSSR count). The van der Waals surface area contributed by atoms with Gasteiger partial charge in [0.1, 0.15) is 11.9 Å². The minimum atomic E-state index is -1.07. The van der Waals surface area contributed by atoms with Gasteiger partial charge in [-0.2, -0.15) is 0 Å². The van der Waals surface area contributed by atoms with Crippen molar-refractivity contribution < 1.29 is 19.0 Å². The van der Waals surface area contributed by atoms with Crippen LogP contribution in [0.15, 0.2) is 34.8 Å². The first-order chi connectivity index (χ1) is 9.97. The molecule has 0 amide bonds. The largest absolute Gasteiger partial charge is 0.493 e. The highest BCUT2D eigenvalue weighted by Gasteiger charge is 2.19. The molecule has 0 saturated heterocycles. The molecule has 0 aliphatic carbocycles. The topological polar surface area (TPSA) is 38.7 Å². The Labute approximate surface area is 131 Å². The molecule has 2 aromatic rings. The summed E-state index contributed by atoms with van der Waals surface area (Å²) in [6, 6.07) is 8.00. The number of aliphatic hydroxyl groups is 1. The van der Waals surface area contributed by atoms with E-state index in [2.05, 4.69) is 15.9 Å². The molecule has 1 N–H and O–H groups in total. The summed E-state index contributed by atoms with van der Waals surface area (Å²) < 4.78 is 25.1. The van der Waals surface area contributed by atoms with Crippen LogP contribution in [0.1, 0.15) is 22.8 Å². The Balaban J connectivity index is 2.50. The predicted molar refractivity (Wildman–Crippen MR) is 82.4 cm³/mol. The SMILES string of the molecule is COc1cc(C)c(C(O)c2ccc(Br)cc2F)cc1OC. The summed E-state index contributed by atoms with van der Waals surface area (Å²) in [6.45, 7) is 1.83. The maximum absolute atomic E-state index is 14.0. The van der Waals surface area contributed by atoms with Gasteiger partial charge in [-0.15, -0.1) is 0 Å². The smallest absolute Gasteiger partial charge is 0.161 e. The third-order valence-electron chi connectivity index (χ3n) is 3.32. The van der Waals surface area contributed by atoms with Crippen molar-refractivity contribution in [2.45, 2.75) is 13.0 Å². The summed E-state index contributed by atoms with van der Waals surface area (Å²) in [4.78, 5) is 0. The van der Waals surface area contributed by atoms with E-state index >= 15 is 0 Å². The van der Waals surface area contributed by atoms with Gasteiger partial charge in [0.2, 0.25) is 0 Å². The molecule has 1 atom stereocenters. The van der Waals surface area contributed by atoms with Crippen LogP contribution in [-0.2, 0) is 0 Å². The average Bonchev–Trinajstić information content (AvgIpc) is 2.46. The number of aliphatic hydroxyl groups excluding tert-OH is 1. The summed E-state index contributed by atoms with van der Waals surface area (Å²) in [5, 5.41) is 10.5. The van der Waals surface area contributed by atoms with Crippen LogP contribution in [0.25, 0.3) is 0 Å². The van der Waals surface area contributed by atoms with Crippen molar-refractivity contribution >= 4 is 15.9 Å². The van der Waals surface area contributed by atoms with E-state index in [0.717, 1.165) is 5.56 Å². The quantitative estimate of drug-likeness (QED) is 0.901. The molecule has 0 aliphatic heterocycles. The van der Waals surface area contributed by atoms with Gasteiger partial charge >= 0.3 is 0 Å². The van der Waals surface area contributed by atoms with Crippen LogP contribution in [0, 0.1) is 12.7 Å². The van der Waals surface area contributed by atoms with E-state index in [0.29, 0.717) is 21.5 Å². The summed E-state index contributed by atoms with van der Waals surface area (Å²) in [6.07, 6.45) is -1.07. The van der Waals surface area contributed by atoms with Crippen molar-refractivity contribution in [1.29, 1.82) is 0 Å². The van der Waals surface area contributed by atoms with Gasteiger partial charge in [-0.25, -0.2) is 4.39 Å². The molecule has 3 nitrogen and oxygen atoms in total. The Bertz CT molecular complexity index is 658. The third kappa shape index (κ3) is 3.19. The lowest BCUT2D eigenvalue weighted by atomic mass is 9.96. The fourth-order valence-electron chi connectivity index (χ4n) is 2.18. The monoisotopic (exact) mass is 354 g/mol. The van der Waals surface area contributed by atoms with Crippen molar-refractivity contribution in [2.24, 2.45) is 0 Å². The lowest BCUT2D eigenvalue weighted by Gasteiger charge is -2.18. The molecule has 0 bridgehead atoms. The summed E-state index contributed by atoms with van der Waals surface area (Å²) >= 11 is 3.20. The summed E-state index contributed by atoms with van der Waals surface area (Å²) in [7, 11) is 3.06. The Morgan fingerprint density at radius 1 is 1.05 bits per heavy atom. The van der Waals surface area contributed by atoms with Gasteiger partial charge in [-0.1, -0.05) is 22.0 Å². The van der Waals surface area contributed by atoms with Crippen LogP contribution in [0.3, 0.4) is 0 Å². The molecular formula is C16H16BrFO3. The molecule has 0 radical (unpaired) electrons. The normalized spacial score (nSPS) is 12.1. The fraction of sp³-hybridized carbons (Fsp3) is 0.250. The van der Waals surface area contributed by atoms with E-state index in [1.807, 2.05) is 6.92 Å². The molecule has 5 heteroatoms. The third-order valence-corrected chi connectivity index (χ3v) is 3.82. The number of rotatable bonds is 4. The molecular weight excluding hydrogens is 339 g/mol. The molecule has 2 aromatic carbocycles. The first kappa shape index (κ1) is 15.8. The van der Waals surface area contributed by atoms with Crippen molar-refractivity contribution in [3.05, 3.63) is 57.3 Å². The van der Waals surface area contributed by atoms with Crippen LogP contribution in [0.2, 0.25) is 0 Å². The number of benzene rings is 2. The zero-order valence-electron chi connectivity index (χ0n) is 12.0. The van der Waals surface area contributed by atoms with Crippen LogP contribution in [0.5, 0.6) is 11.5 Å². The van der Waals surface area contributed by atoms with Gasteiger partial charge in [-0.3, -0.25) is 0 Å². The van der Waals surface area contributed by atoms with Crippen molar-refractivity contribution in [3.8, 4) is 11.5 Å². The Hall–Kier alpha value is -1.59. The first-order valence-electron chi connectivity index (χ1n) is 6.33. The van der Waals surface area contributed by atoms with Gasteiger partial charge in [0.25, 0.3) is 0 Å². The standard InChI is InChI=1S/C16H16BrFO3/c1-9-6-14(20-2)15(21-3)8-12(9)16(19)11-5-4-10(17)7-13(11)18/h4-8,16,19H,1-3H3. The van der Waals surface area contributed by atoms with E-state index in [1.54, 1.807) is 31.4 Å². The fourth-order valence-corrected chi connectivity index (χ4v) is 2.51. The maximum atomic E-state index is 14.0. The van der Waals surface area contributed by atoms with Crippen LogP contribution in [-0.4, -0.2) is 19.3 Å². The molecule has 112 valence electrons. The van der Waals surface area contributed by atoms with Gasteiger partial charge in [0.05, 0.1) is 14.2 Å². The van der Waals surface area contributed by atoms with Crippen LogP contribution in [0.4, 0.5) is 4.39 Å². The van der Waals surface area contributed by atoms with E-state index in [-0.39, 0.29) is 5.56 Å². The Morgan fingerprint density at radius 3 is 2.24 bits per heavy atom. The number of halogens is 2. The highest BCUT2D eigenvalue weighted by atomic mass is 79.9. The van der Waals surface area contributed by atoms with Gasteiger partial charge in [0, 0.05) is 10.0 Å². The summed E-state index contributed by atoms with van der Waals surface area (Å²) in [5.41, 5.74) is 1.59. The number of methoxy groups -OCH3 is 2. The predicted octanol–water partition coefficient (Wildman–Crippen LogP) is 4.00. The zero-order chi connectivity index (χ0) is 15.6. The Morgan fingerprint density at radius 2 is 1.67 bits per heavy atom. The lowest BCUT2D eigenvalue weighted by Crippen LogP contribution is -2.06. The average molecular weight is 355 g/mol. The lowest BCUT2D eigenvalue weighted by molar-refractivity contribution is 0.213. The number of ether oxygens (including phenoxy) is 2. The molecule has 0 fully saturated rings. The second kappa shape index (κ2) is 6.45. The molecule has 21 heavy (non-hydrogen) atoms. The summed E-state index contributed by atoms with van der Waals surface area (Å²) in [5.74, 6) is 0.600. The number of hydrogen-bond acceptors (Lipinski definition) is 3. The van der Waals surface area contributed by atoms with Crippen molar-refractivity contribution in [1.82, 2.24) is 0 Å².